The summed E-state index contributed by atoms with van der Waals surface area (Å²) in [7, 11) is 0. The van der Waals surface area contributed by atoms with Gasteiger partial charge in [0.2, 0.25) is 5.95 Å². The number of ether oxygens (including phenoxy) is 1. The van der Waals surface area contributed by atoms with Crippen LogP contribution in [0.1, 0.15) is 20.3 Å². The van der Waals surface area contributed by atoms with Crippen LogP contribution in [0.2, 0.25) is 0 Å². The molecule has 142 valence electrons. The van der Waals surface area contributed by atoms with Crippen molar-refractivity contribution >= 4 is 22.9 Å². The van der Waals surface area contributed by atoms with Crippen molar-refractivity contribution in [1.82, 2.24) is 29.7 Å². The Kier molecular flexibility index (Phi) is 4.85. The lowest BCUT2D eigenvalue weighted by atomic mass is 10.1. The quantitative estimate of drug-likeness (QED) is 0.726. The van der Waals surface area contributed by atoms with Crippen molar-refractivity contribution in [2.24, 2.45) is 5.92 Å². The highest BCUT2D eigenvalue weighted by molar-refractivity contribution is 5.85. The smallest absolute Gasteiger partial charge is 0.224 e. The van der Waals surface area contributed by atoms with Crippen LogP contribution in [-0.4, -0.2) is 56.0 Å². The number of aryl methyl sites for hydroxylation is 1. The summed E-state index contributed by atoms with van der Waals surface area (Å²) in [5, 5.41) is 4.44. The first-order chi connectivity index (χ1) is 13.1. The highest BCUT2D eigenvalue weighted by Crippen LogP contribution is 2.25. The Balaban J connectivity index is 1.69. The van der Waals surface area contributed by atoms with E-state index in [1.807, 2.05) is 17.1 Å². The predicted molar refractivity (Wildman–Crippen MR) is 103 cm³/mol. The molecule has 2 N–H and O–H groups in total. The zero-order valence-electron chi connectivity index (χ0n) is 15.7. The number of anilines is 2. The van der Waals surface area contributed by atoms with E-state index in [1.165, 1.54) is 0 Å². The van der Waals surface area contributed by atoms with E-state index in [4.69, 9.17) is 15.5 Å². The molecule has 1 aliphatic rings. The number of hydrogen-bond acceptors (Lipinski definition) is 8. The minimum absolute atomic E-state index is 0.201. The summed E-state index contributed by atoms with van der Waals surface area (Å²) in [5.41, 5.74) is 8.71. The zero-order valence-corrected chi connectivity index (χ0v) is 15.7. The van der Waals surface area contributed by atoms with Crippen LogP contribution in [-0.2, 0) is 11.3 Å². The summed E-state index contributed by atoms with van der Waals surface area (Å²) in [5.74, 6) is 1.55. The summed E-state index contributed by atoms with van der Waals surface area (Å²) in [6, 6.07) is 0. The van der Waals surface area contributed by atoms with Gasteiger partial charge in [0, 0.05) is 31.4 Å². The lowest BCUT2D eigenvalue weighted by molar-refractivity contribution is 0.122. The average Bonchev–Trinajstić information content (AvgIpc) is 3.15. The third-order valence-electron chi connectivity index (χ3n) is 4.58. The lowest BCUT2D eigenvalue weighted by Crippen LogP contribution is -2.37. The fourth-order valence-electron chi connectivity index (χ4n) is 3.05. The number of nitrogens with zero attached hydrogens (tertiary/aromatic N) is 7. The van der Waals surface area contributed by atoms with Gasteiger partial charge in [-0.05, 0) is 12.3 Å². The van der Waals surface area contributed by atoms with Gasteiger partial charge in [-0.25, -0.2) is 9.97 Å². The van der Waals surface area contributed by atoms with E-state index in [2.05, 4.69) is 38.8 Å². The van der Waals surface area contributed by atoms with Gasteiger partial charge in [-0.1, -0.05) is 13.8 Å². The Bertz CT molecular complexity index is 932. The first kappa shape index (κ1) is 17.6. The molecule has 1 aliphatic heterocycles. The van der Waals surface area contributed by atoms with E-state index in [1.54, 1.807) is 6.20 Å². The standard InChI is InChI=1S/C18H24N8O/c1-12(2)3-4-26-11-13(9-21-26)14-10-20-16-15(22-14)17(24-18(19)23-16)25-5-7-27-8-6-25/h9-12H,3-8H2,1-2H3,(H2,19,20,23,24). The normalized spacial score (nSPS) is 15.0. The highest BCUT2D eigenvalue weighted by Gasteiger charge is 2.19. The average molecular weight is 368 g/mol. The number of rotatable bonds is 5. The summed E-state index contributed by atoms with van der Waals surface area (Å²) in [6.07, 6.45) is 6.62. The Morgan fingerprint density at radius 3 is 2.74 bits per heavy atom. The zero-order chi connectivity index (χ0) is 18.8. The van der Waals surface area contributed by atoms with E-state index in [9.17, 15) is 0 Å². The van der Waals surface area contributed by atoms with Crippen molar-refractivity contribution in [2.45, 2.75) is 26.8 Å². The van der Waals surface area contributed by atoms with Crippen molar-refractivity contribution in [3.05, 3.63) is 18.6 Å². The molecule has 0 amide bonds. The fraction of sp³-hybridized carbons (Fsp3) is 0.500. The maximum atomic E-state index is 5.88. The lowest BCUT2D eigenvalue weighted by Gasteiger charge is -2.28. The van der Waals surface area contributed by atoms with Crippen LogP contribution < -0.4 is 10.6 Å². The molecule has 4 rings (SSSR count). The van der Waals surface area contributed by atoms with Gasteiger partial charge >= 0.3 is 0 Å². The van der Waals surface area contributed by atoms with Crippen molar-refractivity contribution in [3.8, 4) is 11.3 Å². The minimum atomic E-state index is 0.201. The number of nitrogens with two attached hydrogens (primary N) is 1. The van der Waals surface area contributed by atoms with E-state index in [-0.39, 0.29) is 5.95 Å². The fourth-order valence-corrected chi connectivity index (χ4v) is 3.05. The maximum Gasteiger partial charge on any atom is 0.224 e. The summed E-state index contributed by atoms with van der Waals surface area (Å²) in [6.45, 7) is 8.09. The largest absolute Gasteiger partial charge is 0.378 e. The molecule has 0 aliphatic carbocycles. The van der Waals surface area contributed by atoms with E-state index < -0.39 is 0 Å². The predicted octanol–water partition coefficient (Wildman–Crippen LogP) is 1.75. The molecule has 0 unspecified atom stereocenters. The van der Waals surface area contributed by atoms with Gasteiger partial charge < -0.3 is 15.4 Å². The third kappa shape index (κ3) is 3.82. The molecular formula is C18H24N8O. The molecule has 1 fully saturated rings. The Labute approximate surface area is 157 Å². The number of fused-ring (bicyclic) bond motifs is 1. The van der Waals surface area contributed by atoms with Crippen LogP contribution in [0.3, 0.4) is 0 Å². The van der Waals surface area contributed by atoms with Crippen molar-refractivity contribution in [2.75, 3.05) is 36.9 Å². The molecule has 0 radical (unpaired) electrons. The number of aromatic nitrogens is 6. The number of hydrogen-bond donors (Lipinski definition) is 1. The first-order valence-electron chi connectivity index (χ1n) is 9.26. The molecule has 3 aromatic rings. The topological polar surface area (TPSA) is 108 Å². The monoisotopic (exact) mass is 368 g/mol. The summed E-state index contributed by atoms with van der Waals surface area (Å²) < 4.78 is 7.38. The van der Waals surface area contributed by atoms with Crippen LogP contribution >= 0.6 is 0 Å². The van der Waals surface area contributed by atoms with Gasteiger partial charge in [-0.15, -0.1) is 0 Å². The molecular weight excluding hydrogens is 344 g/mol. The Morgan fingerprint density at radius 1 is 1.15 bits per heavy atom. The molecule has 9 heteroatoms. The van der Waals surface area contributed by atoms with Crippen molar-refractivity contribution in [1.29, 1.82) is 0 Å². The van der Waals surface area contributed by atoms with Gasteiger partial charge in [0.1, 0.15) is 0 Å². The second kappa shape index (κ2) is 7.43. The molecule has 9 nitrogen and oxygen atoms in total. The molecule has 0 atom stereocenters. The van der Waals surface area contributed by atoms with E-state index in [0.717, 1.165) is 37.3 Å². The van der Waals surface area contributed by atoms with Crippen LogP contribution in [0.5, 0.6) is 0 Å². The molecule has 1 saturated heterocycles. The van der Waals surface area contributed by atoms with Crippen LogP contribution in [0, 0.1) is 5.92 Å². The van der Waals surface area contributed by atoms with Gasteiger partial charge in [0.05, 0.1) is 31.3 Å². The number of morpholine rings is 1. The first-order valence-corrected chi connectivity index (χ1v) is 9.26. The maximum absolute atomic E-state index is 5.88. The molecule has 4 heterocycles. The molecule has 3 aromatic heterocycles. The molecule has 0 aromatic carbocycles. The Hall–Kier alpha value is -2.81. The summed E-state index contributed by atoms with van der Waals surface area (Å²) in [4.78, 5) is 20.0. The molecule has 0 spiro atoms. The second-order valence-corrected chi connectivity index (χ2v) is 7.11. The van der Waals surface area contributed by atoms with Gasteiger partial charge in [-0.3, -0.25) is 4.68 Å². The third-order valence-corrected chi connectivity index (χ3v) is 4.58. The Morgan fingerprint density at radius 2 is 1.96 bits per heavy atom. The van der Waals surface area contributed by atoms with Crippen molar-refractivity contribution in [3.63, 3.8) is 0 Å². The second-order valence-electron chi connectivity index (χ2n) is 7.11. The molecule has 0 bridgehead atoms. The van der Waals surface area contributed by atoms with Crippen molar-refractivity contribution < 1.29 is 4.74 Å². The van der Waals surface area contributed by atoms with Crippen LogP contribution in [0.4, 0.5) is 11.8 Å². The summed E-state index contributed by atoms with van der Waals surface area (Å²) >= 11 is 0. The minimum Gasteiger partial charge on any atom is -0.378 e. The molecule has 0 saturated carbocycles. The van der Waals surface area contributed by atoms with E-state index in [0.29, 0.717) is 36.1 Å². The van der Waals surface area contributed by atoms with Crippen LogP contribution in [0.15, 0.2) is 18.6 Å². The van der Waals surface area contributed by atoms with Gasteiger partial charge in [0.25, 0.3) is 0 Å². The van der Waals surface area contributed by atoms with E-state index >= 15 is 0 Å². The number of nitrogen functional groups attached to an aromatic ring is 1. The molecule has 27 heavy (non-hydrogen) atoms. The van der Waals surface area contributed by atoms with Crippen LogP contribution in [0.25, 0.3) is 22.4 Å². The van der Waals surface area contributed by atoms with Gasteiger partial charge in [-0.2, -0.15) is 15.1 Å². The van der Waals surface area contributed by atoms with Gasteiger partial charge in [0.15, 0.2) is 17.0 Å². The highest BCUT2D eigenvalue weighted by atomic mass is 16.5. The SMILES string of the molecule is CC(C)CCn1cc(-c2cnc3nc(N)nc(N4CCOCC4)c3n2)cn1.